The lowest BCUT2D eigenvalue weighted by Crippen LogP contribution is -2.10. The monoisotopic (exact) mass is 212 g/mol. The van der Waals surface area contributed by atoms with Gasteiger partial charge in [0.2, 0.25) is 0 Å². The Morgan fingerprint density at radius 1 is 1.67 bits per heavy atom. The minimum absolute atomic E-state index is 0.0394. The van der Waals surface area contributed by atoms with E-state index in [2.05, 4.69) is 9.84 Å². The van der Waals surface area contributed by atoms with Crippen molar-refractivity contribution in [3.05, 3.63) is 18.0 Å². The average molecular weight is 212 g/mol. The molecule has 0 spiro atoms. The summed E-state index contributed by atoms with van der Waals surface area (Å²) in [7, 11) is 1.28. The van der Waals surface area contributed by atoms with Crippen LogP contribution in [0.4, 0.5) is 0 Å². The summed E-state index contributed by atoms with van der Waals surface area (Å²) < 4.78 is 5.93. The number of carbonyl (C=O) groups is 2. The van der Waals surface area contributed by atoms with Gasteiger partial charge in [-0.1, -0.05) is 0 Å². The van der Waals surface area contributed by atoms with Gasteiger partial charge in [0.05, 0.1) is 31.3 Å². The Hall–Kier alpha value is -1.85. The first kappa shape index (κ1) is 11.2. The molecule has 6 nitrogen and oxygen atoms in total. The molecule has 0 saturated heterocycles. The number of hydrogen-bond acceptors (Lipinski definition) is 4. The van der Waals surface area contributed by atoms with Crippen LogP contribution in [0.25, 0.3) is 0 Å². The largest absolute Gasteiger partial charge is 0.481 e. The van der Waals surface area contributed by atoms with Gasteiger partial charge in [-0.25, -0.2) is 4.79 Å². The second kappa shape index (κ2) is 4.59. The van der Waals surface area contributed by atoms with Crippen LogP contribution in [0, 0.1) is 0 Å². The molecule has 0 radical (unpaired) electrons. The predicted molar refractivity (Wildman–Crippen MR) is 50.5 cm³/mol. The van der Waals surface area contributed by atoms with Crippen LogP contribution in [-0.4, -0.2) is 33.9 Å². The second-order valence-corrected chi connectivity index (χ2v) is 3.15. The number of hydrogen-bond donors (Lipinski definition) is 1. The number of aromatic nitrogens is 2. The van der Waals surface area contributed by atoms with Crippen molar-refractivity contribution in [3.63, 3.8) is 0 Å². The lowest BCUT2D eigenvalue weighted by Gasteiger charge is -2.08. The number of carbonyl (C=O) groups excluding carboxylic acids is 1. The third kappa shape index (κ3) is 2.80. The van der Waals surface area contributed by atoms with Crippen LogP contribution in [-0.2, 0) is 9.53 Å². The summed E-state index contributed by atoms with van der Waals surface area (Å²) in [4.78, 5) is 21.5. The number of rotatable bonds is 4. The van der Waals surface area contributed by atoms with Gasteiger partial charge in [-0.3, -0.25) is 9.48 Å². The predicted octanol–water partition coefficient (Wildman–Crippen LogP) is 0.705. The summed E-state index contributed by atoms with van der Waals surface area (Å²) in [5.74, 6) is -1.39. The third-order valence-corrected chi connectivity index (χ3v) is 1.94. The van der Waals surface area contributed by atoms with Crippen molar-refractivity contribution in [2.45, 2.75) is 19.4 Å². The van der Waals surface area contributed by atoms with Crippen LogP contribution in [0.3, 0.4) is 0 Å². The van der Waals surface area contributed by atoms with Gasteiger partial charge >= 0.3 is 11.9 Å². The number of nitrogens with zero attached hydrogens (tertiary/aromatic N) is 2. The van der Waals surface area contributed by atoms with Gasteiger partial charge in [-0.15, -0.1) is 0 Å². The highest BCUT2D eigenvalue weighted by Gasteiger charge is 2.13. The standard InChI is InChI=1S/C9H12N2O4/c1-6(3-8(12)13)11-5-7(4-10-11)9(14)15-2/h4-6H,3H2,1-2H3,(H,12,13). The van der Waals surface area contributed by atoms with E-state index >= 15 is 0 Å². The molecule has 1 atom stereocenters. The molecule has 0 fully saturated rings. The lowest BCUT2D eigenvalue weighted by molar-refractivity contribution is -0.137. The number of carboxylic acids is 1. The molecular formula is C9H12N2O4. The molecule has 6 heteroatoms. The molecule has 0 aromatic carbocycles. The van der Waals surface area contributed by atoms with Gasteiger partial charge in [-0.05, 0) is 6.92 Å². The minimum Gasteiger partial charge on any atom is -0.481 e. The first-order valence-corrected chi connectivity index (χ1v) is 4.39. The van der Waals surface area contributed by atoms with E-state index in [0.717, 1.165) is 0 Å². The first-order chi connectivity index (χ1) is 7.04. The molecule has 0 aliphatic heterocycles. The fraction of sp³-hybridized carbons (Fsp3) is 0.444. The summed E-state index contributed by atoms with van der Waals surface area (Å²) >= 11 is 0. The third-order valence-electron chi connectivity index (χ3n) is 1.94. The van der Waals surface area contributed by atoms with E-state index in [1.807, 2.05) is 0 Å². The van der Waals surface area contributed by atoms with Crippen molar-refractivity contribution in [2.24, 2.45) is 0 Å². The Balaban J connectivity index is 2.75. The van der Waals surface area contributed by atoms with E-state index in [-0.39, 0.29) is 12.5 Å². The van der Waals surface area contributed by atoms with Crippen LogP contribution in [0.2, 0.25) is 0 Å². The Morgan fingerprint density at radius 2 is 2.33 bits per heavy atom. The highest BCUT2D eigenvalue weighted by molar-refractivity contribution is 5.88. The fourth-order valence-corrected chi connectivity index (χ4v) is 1.15. The maximum Gasteiger partial charge on any atom is 0.341 e. The summed E-state index contributed by atoms with van der Waals surface area (Å²) in [6.45, 7) is 1.71. The smallest absolute Gasteiger partial charge is 0.341 e. The molecule has 0 saturated carbocycles. The van der Waals surface area contributed by atoms with Crippen LogP contribution >= 0.6 is 0 Å². The van der Waals surface area contributed by atoms with E-state index in [4.69, 9.17) is 5.11 Å². The molecule has 1 aromatic rings. The Bertz CT molecular complexity index is 372. The van der Waals surface area contributed by atoms with Gasteiger partial charge in [0.25, 0.3) is 0 Å². The van der Waals surface area contributed by atoms with E-state index in [1.54, 1.807) is 6.92 Å². The van der Waals surface area contributed by atoms with E-state index < -0.39 is 11.9 Å². The number of esters is 1. The van der Waals surface area contributed by atoms with Crippen LogP contribution in [0.1, 0.15) is 29.7 Å². The molecule has 15 heavy (non-hydrogen) atoms. The normalized spacial score (nSPS) is 12.1. The molecular weight excluding hydrogens is 200 g/mol. The van der Waals surface area contributed by atoms with Crippen molar-refractivity contribution in [2.75, 3.05) is 7.11 Å². The average Bonchev–Trinajstić information content (AvgIpc) is 2.64. The zero-order chi connectivity index (χ0) is 11.4. The van der Waals surface area contributed by atoms with Crippen LogP contribution in [0.5, 0.6) is 0 Å². The van der Waals surface area contributed by atoms with Crippen molar-refractivity contribution >= 4 is 11.9 Å². The van der Waals surface area contributed by atoms with Crippen molar-refractivity contribution in [1.82, 2.24) is 9.78 Å². The van der Waals surface area contributed by atoms with Gasteiger partial charge in [0, 0.05) is 6.20 Å². The summed E-state index contributed by atoms with van der Waals surface area (Å²) in [6, 6.07) is -0.291. The SMILES string of the molecule is COC(=O)c1cnn(C(C)CC(=O)O)c1. The topological polar surface area (TPSA) is 81.4 Å². The summed E-state index contributed by atoms with van der Waals surface area (Å²) in [5.41, 5.74) is 0.315. The molecule has 0 amide bonds. The summed E-state index contributed by atoms with van der Waals surface area (Å²) in [6.07, 6.45) is 2.78. The Labute approximate surface area is 86.5 Å². The van der Waals surface area contributed by atoms with Crippen molar-refractivity contribution in [3.8, 4) is 0 Å². The zero-order valence-electron chi connectivity index (χ0n) is 8.51. The van der Waals surface area contributed by atoms with E-state index in [1.165, 1.54) is 24.2 Å². The maximum absolute atomic E-state index is 11.1. The number of carboxylic acid groups (broad SMARTS) is 1. The summed E-state index contributed by atoms with van der Waals surface area (Å²) in [5, 5.41) is 12.5. The number of methoxy groups -OCH3 is 1. The highest BCUT2D eigenvalue weighted by Crippen LogP contribution is 2.11. The molecule has 1 unspecified atom stereocenters. The highest BCUT2D eigenvalue weighted by atomic mass is 16.5. The number of aliphatic carboxylic acids is 1. The van der Waals surface area contributed by atoms with Gasteiger partial charge in [-0.2, -0.15) is 5.10 Å². The van der Waals surface area contributed by atoms with Gasteiger partial charge < -0.3 is 9.84 Å². The molecule has 82 valence electrons. The van der Waals surface area contributed by atoms with E-state index in [9.17, 15) is 9.59 Å². The zero-order valence-corrected chi connectivity index (χ0v) is 8.51. The molecule has 0 aliphatic carbocycles. The van der Waals surface area contributed by atoms with E-state index in [0.29, 0.717) is 5.56 Å². The Morgan fingerprint density at radius 3 is 2.87 bits per heavy atom. The van der Waals surface area contributed by atoms with Crippen LogP contribution < -0.4 is 0 Å². The minimum atomic E-state index is -0.905. The molecule has 1 aromatic heterocycles. The molecule has 1 rings (SSSR count). The van der Waals surface area contributed by atoms with Gasteiger partial charge in [0.1, 0.15) is 0 Å². The number of ether oxygens (including phenoxy) is 1. The maximum atomic E-state index is 11.1. The van der Waals surface area contributed by atoms with Crippen molar-refractivity contribution in [1.29, 1.82) is 0 Å². The fourth-order valence-electron chi connectivity index (χ4n) is 1.15. The van der Waals surface area contributed by atoms with Crippen molar-refractivity contribution < 1.29 is 19.4 Å². The Kier molecular flexibility index (Phi) is 3.43. The lowest BCUT2D eigenvalue weighted by atomic mass is 10.2. The second-order valence-electron chi connectivity index (χ2n) is 3.15. The first-order valence-electron chi connectivity index (χ1n) is 4.39. The van der Waals surface area contributed by atoms with Gasteiger partial charge in [0.15, 0.2) is 0 Å². The van der Waals surface area contributed by atoms with Crippen LogP contribution in [0.15, 0.2) is 12.4 Å². The molecule has 0 aliphatic rings. The molecule has 1 heterocycles. The molecule has 1 N–H and O–H groups in total. The quantitative estimate of drug-likeness (QED) is 0.743. The molecule has 0 bridgehead atoms.